The summed E-state index contributed by atoms with van der Waals surface area (Å²) < 4.78 is 0. The molecule has 1 atom stereocenters. The van der Waals surface area contributed by atoms with Crippen molar-refractivity contribution in [3.63, 3.8) is 0 Å². The Morgan fingerprint density at radius 3 is 2.73 bits per heavy atom. The topological polar surface area (TPSA) is 20.2 Å². The molecule has 1 aromatic rings. The summed E-state index contributed by atoms with van der Waals surface area (Å²) in [4.78, 5) is 0. The maximum atomic E-state index is 9.46. The molecule has 0 amide bonds. The first-order chi connectivity index (χ1) is 7.27. The lowest BCUT2D eigenvalue weighted by molar-refractivity contribution is 0.414. The highest BCUT2D eigenvalue weighted by molar-refractivity contribution is 7.99. The van der Waals surface area contributed by atoms with Crippen LogP contribution < -0.4 is 0 Å². The van der Waals surface area contributed by atoms with Crippen molar-refractivity contribution >= 4 is 11.8 Å². The Hall–Kier alpha value is -0.630. The minimum Gasteiger partial charge on any atom is -0.508 e. The molecular formula is C13H18OS. The Morgan fingerprint density at radius 1 is 1.33 bits per heavy atom. The average Bonchev–Trinajstić information content (AvgIpc) is 2.29. The van der Waals surface area contributed by atoms with Crippen LogP contribution in [0.1, 0.15) is 31.2 Å². The van der Waals surface area contributed by atoms with Crippen LogP contribution in [0, 0.1) is 5.92 Å². The van der Waals surface area contributed by atoms with E-state index in [4.69, 9.17) is 0 Å². The van der Waals surface area contributed by atoms with Gasteiger partial charge < -0.3 is 5.11 Å². The van der Waals surface area contributed by atoms with E-state index in [2.05, 4.69) is 24.8 Å². The predicted octanol–water partition coefficient (Wildman–Crippen LogP) is 3.64. The molecule has 1 fully saturated rings. The van der Waals surface area contributed by atoms with Gasteiger partial charge >= 0.3 is 0 Å². The van der Waals surface area contributed by atoms with E-state index in [1.54, 1.807) is 6.07 Å². The highest BCUT2D eigenvalue weighted by Gasteiger charge is 2.21. The van der Waals surface area contributed by atoms with Crippen molar-refractivity contribution in [3.8, 4) is 5.75 Å². The maximum absolute atomic E-state index is 9.46. The fraction of sp³-hybridized carbons (Fsp3) is 0.538. The monoisotopic (exact) mass is 222 g/mol. The van der Waals surface area contributed by atoms with Gasteiger partial charge in [0.2, 0.25) is 0 Å². The number of hydrogen-bond acceptors (Lipinski definition) is 2. The van der Waals surface area contributed by atoms with E-state index < -0.39 is 0 Å². The fourth-order valence-electron chi connectivity index (χ4n) is 2.30. The van der Waals surface area contributed by atoms with Gasteiger partial charge in [0, 0.05) is 0 Å². The van der Waals surface area contributed by atoms with Crippen LogP contribution in [-0.4, -0.2) is 16.6 Å². The molecule has 1 aliphatic rings. The first-order valence-electron chi connectivity index (χ1n) is 5.64. The Morgan fingerprint density at radius 2 is 2.07 bits per heavy atom. The summed E-state index contributed by atoms with van der Waals surface area (Å²) in [6.07, 6.45) is 2.64. The number of hydrogen-bond donors (Lipinski definition) is 1. The van der Waals surface area contributed by atoms with E-state index in [1.165, 1.54) is 29.9 Å². The van der Waals surface area contributed by atoms with Crippen molar-refractivity contribution in [2.24, 2.45) is 5.92 Å². The van der Waals surface area contributed by atoms with Crippen LogP contribution in [0.4, 0.5) is 0 Å². The van der Waals surface area contributed by atoms with Crippen LogP contribution in [0.15, 0.2) is 24.3 Å². The number of phenolic OH excluding ortho intramolecular Hbond substituents is 1. The molecule has 1 heterocycles. The van der Waals surface area contributed by atoms with Crippen molar-refractivity contribution in [3.05, 3.63) is 29.8 Å². The van der Waals surface area contributed by atoms with Crippen LogP contribution >= 0.6 is 11.8 Å². The molecule has 1 nitrogen and oxygen atoms in total. The molecule has 0 aliphatic carbocycles. The van der Waals surface area contributed by atoms with Gasteiger partial charge in [0.1, 0.15) is 5.75 Å². The van der Waals surface area contributed by atoms with Crippen LogP contribution in [0.25, 0.3) is 0 Å². The van der Waals surface area contributed by atoms with E-state index in [-0.39, 0.29) is 0 Å². The van der Waals surface area contributed by atoms with Crippen molar-refractivity contribution < 1.29 is 5.11 Å². The molecule has 1 aromatic carbocycles. The number of benzene rings is 1. The minimum atomic E-state index is 0.393. The zero-order chi connectivity index (χ0) is 10.7. The molecule has 0 spiro atoms. The average molecular weight is 222 g/mol. The SMILES string of the molecule is CC(c1cccc(O)c1)C1CCSCC1. The lowest BCUT2D eigenvalue weighted by Crippen LogP contribution is -2.16. The molecule has 0 radical (unpaired) electrons. The standard InChI is InChI=1S/C13H18OS/c1-10(11-5-7-15-8-6-11)12-3-2-4-13(14)9-12/h2-4,9-11,14H,5-8H2,1H3. The molecule has 1 N–H and O–H groups in total. The Balaban J connectivity index is 2.08. The predicted molar refractivity (Wildman–Crippen MR) is 66.6 cm³/mol. The van der Waals surface area contributed by atoms with Gasteiger partial charge in [-0.05, 0) is 53.9 Å². The first kappa shape index (κ1) is 10.9. The third-order valence-corrected chi connectivity index (χ3v) is 4.42. The summed E-state index contributed by atoms with van der Waals surface area (Å²) >= 11 is 2.07. The van der Waals surface area contributed by atoms with Crippen molar-refractivity contribution in [1.82, 2.24) is 0 Å². The second-order valence-electron chi connectivity index (χ2n) is 4.33. The molecule has 15 heavy (non-hydrogen) atoms. The van der Waals surface area contributed by atoms with E-state index in [1.807, 2.05) is 12.1 Å². The van der Waals surface area contributed by atoms with Crippen LogP contribution in [0.2, 0.25) is 0 Å². The lowest BCUT2D eigenvalue weighted by atomic mass is 9.84. The largest absolute Gasteiger partial charge is 0.508 e. The van der Waals surface area contributed by atoms with Gasteiger partial charge in [-0.3, -0.25) is 0 Å². The van der Waals surface area contributed by atoms with E-state index in [0.29, 0.717) is 11.7 Å². The summed E-state index contributed by atoms with van der Waals surface area (Å²) in [6, 6.07) is 7.73. The Kier molecular flexibility index (Phi) is 3.57. The zero-order valence-corrected chi connectivity index (χ0v) is 9.96. The second-order valence-corrected chi connectivity index (χ2v) is 5.56. The number of rotatable bonds is 2. The van der Waals surface area contributed by atoms with E-state index in [9.17, 15) is 5.11 Å². The molecule has 0 aromatic heterocycles. The second kappa shape index (κ2) is 4.93. The Bertz CT molecular complexity index is 318. The summed E-state index contributed by atoms with van der Waals surface area (Å²) in [7, 11) is 0. The van der Waals surface area contributed by atoms with Crippen LogP contribution in [0.5, 0.6) is 5.75 Å². The molecule has 1 saturated heterocycles. The molecule has 1 unspecified atom stereocenters. The molecule has 0 bridgehead atoms. The first-order valence-corrected chi connectivity index (χ1v) is 6.79. The number of aromatic hydroxyl groups is 1. The van der Waals surface area contributed by atoms with Gasteiger partial charge in [-0.2, -0.15) is 11.8 Å². The summed E-state index contributed by atoms with van der Waals surface area (Å²) in [5.74, 6) is 4.37. The number of phenols is 1. The fourth-order valence-corrected chi connectivity index (χ4v) is 3.44. The molecule has 2 heteroatoms. The van der Waals surface area contributed by atoms with Gasteiger partial charge in [0.25, 0.3) is 0 Å². The zero-order valence-electron chi connectivity index (χ0n) is 9.15. The van der Waals surface area contributed by atoms with Gasteiger partial charge in [-0.25, -0.2) is 0 Å². The Labute approximate surface area is 95.9 Å². The van der Waals surface area contributed by atoms with Crippen LogP contribution in [0.3, 0.4) is 0 Å². The van der Waals surface area contributed by atoms with Gasteiger partial charge in [0.05, 0.1) is 0 Å². The molecular weight excluding hydrogens is 204 g/mol. The highest BCUT2D eigenvalue weighted by Crippen LogP contribution is 2.35. The third kappa shape index (κ3) is 2.69. The molecule has 1 aliphatic heterocycles. The normalized spacial score (nSPS) is 20.1. The van der Waals surface area contributed by atoms with Gasteiger partial charge in [0.15, 0.2) is 0 Å². The highest BCUT2D eigenvalue weighted by atomic mass is 32.2. The van der Waals surface area contributed by atoms with Crippen LogP contribution in [-0.2, 0) is 0 Å². The number of thioether (sulfide) groups is 1. The smallest absolute Gasteiger partial charge is 0.115 e. The van der Waals surface area contributed by atoms with Gasteiger partial charge in [-0.1, -0.05) is 19.1 Å². The van der Waals surface area contributed by atoms with Crippen molar-refractivity contribution in [2.75, 3.05) is 11.5 Å². The van der Waals surface area contributed by atoms with Gasteiger partial charge in [-0.15, -0.1) is 0 Å². The minimum absolute atomic E-state index is 0.393. The maximum Gasteiger partial charge on any atom is 0.115 e. The summed E-state index contributed by atoms with van der Waals surface area (Å²) in [5.41, 5.74) is 1.28. The quantitative estimate of drug-likeness (QED) is 0.824. The summed E-state index contributed by atoms with van der Waals surface area (Å²) in [5, 5.41) is 9.46. The molecule has 0 saturated carbocycles. The van der Waals surface area contributed by atoms with Crippen molar-refractivity contribution in [2.45, 2.75) is 25.7 Å². The molecule has 2 rings (SSSR count). The third-order valence-electron chi connectivity index (χ3n) is 3.37. The van der Waals surface area contributed by atoms with Crippen molar-refractivity contribution in [1.29, 1.82) is 0 Å². The molecule has 82 valence electrons. The summed E-state index contributed by atoms with van der Waals surface area (Å²) in [6.45, 7) is 2.29. The van der Waals surface area contributed by atoms with E-state index in [0.717, 1.165) is 5.92 Å². The lowest BCUT2D eigenvalue weighted by Gasteiger charge is -2.27. The van der Waals surface area contributed by atoms with E-state index >= 15 is 0 Å².